The summed E-state index contributed by atoms with van der Waals surface area (Å²) in [6.07, 6.45) is -1.54. The Morgan fingerprint density at radius 3 is 2.29 bits per heavy atom. The Morgan fingerprint density at radius 2 is 1.76 bits per heavy atom. The second-order valence-electron chi connectivity index (χ2n) is 4.51. The molecule has 1 atom stereocenters. The van der Waals surface area contributed by atoms with Crippen molar-refractivity contribution in [2.24, 2.45) is 0 Å². The molecule has 0 radical (unpaired) electrons. The van der Waals surface area contributed by atoms with Gasteiger partial charge in [0.15, 0.2) is 6.10 Å². The van der Waals surface area contributed by atoms with Crippen LogP contribution in [0.3, 0.4) is 0 Å². The van der Waals surface area contributed by atoms with Crippen molar-refractivity contribution in [3.8, 4) is 0 Å². The normalized spacial score (nSPS) is 11.5. The molecule has 1 rings (SSSR count). The van der Waals surface area contributed by atoms with E-state index in [9.17, 15) is 14.4 Å². The summed E-state index contributed by atoms with van der Waals surface area (Å²) in [4.78, 5) is 32.9. The fourth-order valence-corrected chi connectivity index (χ4v) is 1.55. The van der Waals surface area contributed by atoms with Gasteiger partial charge in [0.05, 0.1) is 0 Å². The second-order valence-corrected chi connectivity index (χ2v) is 4.51. The van der Waals surface area contributed by atoms with Crippen LogP contribution in [0.2, 0.25) is 0 Å². The van der Waals surface area contributed by atoms with E-state index >= 15 is 0 Å². The van der Waals surface area contributed by atoms with Crippen LogP contribution >= 0.6 is 0 Å². The first-order valence-electron chi connectivity index (χ1n) is 6.42. The van der Waals surface area contributed by atoms with Gasteiger partial charge in [-0.05, 0) is 17.7 Å². The van der Waals surface area contributed by atoms with E-state index in [-0.39, 0.29) is 24.8 Å². The summed E-state index contributed by atoms with van der Waals surface area (Å²) in [6, 6.07) is 6.66. The largest absolute Gasteiger partial charge is 0.479 e. The summed E-state index contributed by atoms with van der Waals surface area (Å²) in [5, 5.41) is 22.7. The van der Waals surface area contributed by atoms with Crippen molar-refractivity contribution in [2.75, 3.05) is 6.54 Å². The van der Waals surface area contributed by atoms with Crippen LogP contribution in [-0.4, -0.2) is 40.6 Å². The third-order valence-electron chi connectivity index (χ3n) is 2.75. The van der Waals surface area contributed by atoms with Crippen LogP contribution in [0.1, 0.15) is 29.3 Å². The zero-order valence-corrected chi connectivity index (χ0v) is 11.6. The van der Waals surface area contributed by atoms with Gasteiger partial charge in [0.1, 0.15) is 0 Å². The molecule has 0 fully saturated rings. The van der Waals surface area contributed by atoms with Crippen molar-refractivity contribution in [2.45, 2.75) is 26.0 Å². The lowest BCUT2D eigenvalue weighted by Crippen LogP contribution is -2.30. The molecule has 7 heteroatoms. The Morgan fingerprint density at radius 1 is 1.14 bits per heavy atom. The lowest BCUT2D eigenvalue weighted by atomic mass is 10.1. The third kappa shape index (κ3) is 6.05. The van der Waals surface area contributed by atoms with E-state index < -0.39 is 12.1 Å². The molecule has 1 aromatic carbocycles. The van der Waals surface area contributed by atoms with Crippen LogP contribution in [0.5, 0.6) is 0 Å². The molecule has 1 unspecified atom stereocenters. The molecule has 0 saturated carbocycles. The van der Waals surface area contributed by atoms with E-state index in [1.165, 1.54) is 6.92 Å². The Hall–Kier alpha value is -2.41. The molecular formula is C14H18N2O5. The highest BCUT2D eigenvalue weighted by Gasteiger charge is 2.13. The zero-order chi connectivity index (χ0) is 15.8. The van der Waals surface area contributed by atoms with E-state index in [2.05, 4.69) is 10.6 Å². The molecule has 0 aromatic heterocycles. The molecule has 2 amide bonds. The molecule has 7 nitrogen and oxygen atoms in total. The maximum absolute atomic E-state index is 11.8. The molecule has 114 valence electrons. The van der Waals surface area contributed by atoms with Gasteiger partial charge in [0, 0.05) is 32.0 Å². The van der Waals surface area contributed by atoms with E-state index in [4.69, 9.17) is 10.2 Å². The van der Waals surface area contributed by atoms with E-state index in [1.54, 1.807) is 24.3 Å². The van der Waals surface area contributed by atoms with Gasteiger partial charge in [0.2, 0.25) is 5.91 Å². The molecule has 0 bridgehead atoms. The molecule has 4 N–H and O–H groups in total. The average Bonchev–Trinajstić information content (AvgIpc) is 2.45. The number of aliphatic hydroxyl groups is 1. The quantitative estimate of drug-likeness (QED) is 0.560. The summed E-state index contributed by atoms with van der Waals surface area (Å²) in [7, 11) is 0. The van der Waals surface area contributed by atoms with Crippen LogP contribution in [-0.2, 0) is 16.1 Å². The SMILES string of the molecule is CC(=O)NCc1ccc(C(=O)NCCC(O)C(=O)O)cc1. The highest BCUT2D eigenvalue weighted by atomic mass is 16.4. The van der Waals surface area contributed by atoms with Crippen LogP contribution in [0.15, 0.2) is 24.3 Å². The molecule has 21 heavy (non-hydrogen) atoms. The van der Waals surface area contributed by atoms with Gasteiger partial charge in [-0.2, -0.15) is 0 Å². The predicted octanol–water partition coefficient (Wildman–Crippen LogP) is -0.112. The van der Waals surface area contributed by atoms with E-state index in [1.807, 2.05) is 0 Å². The highest BCUT2D eigenvalue weighted by Crippen LogP contribution is 2.04. The minimum absolute atomic E-state index is 0.0539. The van der Waals surface area contributed by atoms with Crippen LogP contribution in [0, 0.1) is 0 Å². The van der Waals surface area contributed by atoms with Gasteiger partial charge in [-0.1, -0.05) is 12.1 Å². The van der Waals surface area contributed by atoms with Crippen molar-refractivity contribution in [1.82, 2.24) is 10.6 Å². The molecule has 1 aromatic rings. The molecular weight excluding hydrogens is 276 g/mol. The average molecular weight is 294 g/mol. The summed E-state index contributed by atoms with van der Waals surface area (Å²) in [5.74, 6) is -1.79. The second kappa shape index (κ2) is 8.01. The Labute approximate surface area is 122 Å². The molecule has 0 heterocycles. The molecule has 0 spiro atoms. The fraction of sp³-hybridized carbons (Fsp3) is 0.357. The number of hydrogen-bond donors (Lipinski definition) is 4. The minimum atomic E-state index is -1.48. The summed E-state index contributed by atoms with van der Waals surface area (Å²) in [6.45, 7) is 1.88. The molecule has 0 aliphatic carbocycles. The highest BCUT2D eigenvalue weighted by molar-refractivity contribution is 5.94. The first-order chi connectivity index (χ1) is 9.90. The topological polar surface area (TPSA) is 116 Å². The monoisotopic (exact) mass is 294 g/mol. The number of carboxylic acid groups (broad SMARTS) is 1. The van der Waals surface area contributed by atoms with Gasteiger partial charge in [-0.3, -0.25) is 9.59 Å². The third-order valence-corrected chi connectivity index (χ3v) is 2.75. The number of aliphatic carboxylic acids is 1. The summed E-state index contributed by atoms with van der Waals surface area (Å²) in [5.41, 5.74) is 1.29. The Balaban J connectivity index is 2.44. The van der Waals surface area contributed by atoms with Crippen LogP contribution < -0.4 is 10.6 Å². The Kier molecular flexibility index (Phi) is 6.35. The minimum Gasteiger partial charge on any atom is -0.479 e. The molecule has 0 saturated heterocycles. The van der Waals surface area contributed by atoms with Crippen molar-refractivity contribution < 1.29 is 24.6 Å². The zero-order valence-electron chi connectivity index (χ0n) is 11.6. The number of carbonyl (C=O) groups is 3. The van der Waals surface area contributed by atoms with Crippen molar-refractivity contribution in [3.05, 3.63) is 35.4 Å². The van der Waals surface area contributed by atoms with Gasteiger partial charge >= 0.3 is 5.97 Å². The van der Waals surface area contributed by atoms with Gasteiger partial charge in [0.25, 0.3) is 5.91 Å². The number of carbonyl (C=O) groups excluding carboxylic acids is 2. The standard InChI is InChI=1S/C14H18N2O5/c1-9(17)16-8-10-2-4-11(5-3-10)13(19)15-7-6-12(18)14(20)21/h2-5,12,18H,6-8H2,1H3,(H,15,19)(H,16,17)(H,20,21). The number of amides is 2. The maximum atomic E-state index is 11.8. The summed E-state index contributed by atoms with van der Waals surface area (Å²) >= 11 is 0. The molecule has 0 aliphatic heterocycles. The van der Waals surface area contributed by atoms with E-state index in [0.717, 1.165) is 5.56 Å². The number of carboxylic acids is 1. The summed E-state index contributed by atoms with van der Waals surface area (Å²) < 4.78 is 0. The number of benzene rings is 1. The van der Waals surface area contributed by atoms with Crippen molar-refractivity contribution >= 4 is 17.8 Å². The lowest BCUT2D eigenvalue weighted by molar-refractivity contribution is -0.146. The van der Waals surface area contributed by atoms with Crippen molar-refractivity contribution in [3.63, 3.8) is 0 Å². The first kappa shape index (κ1) is 16.6. The van der Waals surface area contributed by atoms with Gasteiger partial charge < -0.3 is 20.8 Å². The predicted molar refractivity (Wildman–Crippen MR) is 74.6 cm³/mol. The first-order valence-corrected chi connectivity index (χ1v) is 6.42. The number of nitrogens with one attached hydrogen (secondary N) is 2. The smallest absolute Gasteiger partial charge is 0.332 e. The maximum Gasteiger partial charge on any atom is 0.332 e. The van der Waals surface area contributed by atoms with E-state index in [0.29, 0.717) is 12.1 Å². The lowest BCUT2D eigenvalue weighted by Gasteiger charge is -2.08. The number of hydrogen-bond acceptors (Lipinski definition) is 4. The van der Waals surface area contributed by atoms with Crippen LogP contribution in [0.25, 0.3) is 0 Å². The van der Waals surface area contributed by atoms with Crippen molar-refractivity contribution in [1.29, 1.82) is 0 Å². The number of rotatable bonds is 7. The number of aliphatic hydroxyl groups excluding tert-OH is 1. The fourth-order valence-electron chi connectivity index (χ4n) is 1.55. The van der Waals surface area contributed by atoms with Gasteiger partial charge in [-0.15, -0.1) is 0 Å². The Bertz CT molecular complexity index is 513. The van der Waals surface area contributed by atoms with Gasteiger partial charge in [-0.25, -0.2) is 4.79 Å². The van der Waals surface area contributed by atoms with Crippen LogP contribution in [0.4, 0.5) is 0 Å². The molecule has 0 aliphatic rings.